The van der Waals surface area contributed by atoms with Crippen LogP contribution in [0.25, 0.3) is 11.0 Å². The third-order valence-electron chi connectivity index (χ3n) is 1.89. The Morgan fingerprint density at radius 1 is 1.54 bits per heavy atom. The summed E-state index contributed by atoms with van der Waals surface area (Å²) in [6.07, 6.45) is 2.96. The summed E-state index contributed by atoms with van der Waals surface area (Å²) in [6.45, 7) is 0. The van der Waals surface area contributed by atoms with Crippen molar-refractivity contribution in [2.75, 3.05) is 0 Å². The number of nitrogens with one attached hydrogen (secondary N) is 1. The molecule has 1 aromatic carbocycles. The van der Waals surface area contributed by atoms with E-state index in [-0.39, 0.29) is 0 Å². The fourth-order valence-corrected chi connectivity index (χ4v) is 1.74. The quantitative estimate of drug-likeness (QED) is 0.815. The maximum atomic E-state index is 10.4. The molecule has 0 fully saturated rings. The number of fused-ring (bicyclic) bond motifs is 1. The molecule has 13 heavy (non-hydrogen) atoms. The molecule has 1 aromatic heterocycles. The van der Waals surface area contributed by atoms with Crippen molar-refractivity contribution in [3.8, 4) is 0 Å². The van der Waals surface area contributed by atoms with Crippen LogP contribution in [0, 0.1) is 0 Å². The van der Waals surface area contributed by atoms with Crippen LogP contribution in [0.4, 0.5) is 0 Å². The molecule has 1 heterocycles. The zero-order valence-corrected chi connectivity index (χ0v) is 8.34. The van der Waals surface area contributed by atoms with Gasteiger partial charge in [-0.15, -0.1) is 0 Å². The molecule has 0 aliphatic rings. The highest BCUT2D eigenvalue weighted by molar-refractivity contribution is 9.10. The Hall–Kier alpha value is -1.16. The van der Waals surface area contributed by atoms with Crippen molar-refractivity contribution in [1.29, 1.82) is 0 Å². The Bertz CT molecular complexity index is 450. The topological polar surface area (TPSA) is 45.8 Å². The van der Waals surface area contributed by atoms with Gasteiger partial charge in [-0.3, -0.25) is 0 Å². The first-order valence-corrected chi connectivity index (χ1v) is 4.65. The van der Waals surface area contributed by atoms with Gasteiger partial charge < -0.3 is 9.78 Å². The summed E-state index contributed by atoms with van der Waals surface area (Å²) in [7, 11) is 0. The number of carbonyl (C=O) groups excluding carboxylic acids is 1. The van der Waals surface area contributed by atoms with Crippen LogP contribution >= 0.6 is 15.9 Å². The molecule has 0 aliphatic carbocycles. The molecule has 0 radical (unpaired) electrons. The molecule has 0 amide bonds. The molecule has 4 heteroatoms. The van der Waals surface area contributed by atoms with E-state index >= 15 is 0 Å². The Morgan fingerprint density at radius 2 is 2.38 bits per heavy atom. The van der Waals surface area contributed by atoms with Gasteiger partial charge in [0.15, 0.2) is 0 Å². The number of rotatable bonds is 2. The number of aromatic amines is 1. The number of nitrogens with zero attached hydrogens (tertiary/aromatic N) is 1. The summed E-state index contributed by atoms with van der Waals surface area (Å²) in [5.74, 6) is 0. The Morgan fingerprint density at radius 3 is 3.15 bits per heavy atom. The van der Waals surface area contributed by atoms with Gasteiger partial charge in [0.05, 0.1) is 17.4 Å². The molecule has 0 atom stereocenters. The number of hydrogen-bond donors (Lipinski definition) is 1. The molecule has 0 unspecified atom stereocenters. The third-order valence-corrected chi connectivity index (χ3v) is 2.63. The van der Waals surface area contributed by atoms with Gasteiger partial charge in [0.1, 0.15) is 6.29 Å². The second-order valence-corrected chi connectivity index (χ2v) is 3.59. The standard InChI is InChI=1S/C9H7BrN2O/c10-7-4-9-8(11-5-12-9)3-6(7)1-2-13/h2-5H,1H2,(H,11,12). The molecule has 0 saturated heterocycles. The number of imidazole rings is 1. The van der Waals surface area contributed by atoms with Crippen LogP contribution in [0.15, 0.2) is 22.9 Å². The zero-order chi connectivity index (χ0) is 9.26. The Balaban J connectivity index is 2.62. The average Bonchev–Trinajstić information content (AvgIpc) is 2.52. The van der Waals surface area contributed by atoms with Crippen LogP contribution in [-0.4, -0.2) is 16.3 Å². The first kappa shape index (κ1) is 8.44. The van der Waals surface area contributed by atoms with E-state index in [1.165, 1.54) is 0 Å². The van der Waals surface area contributed by atoms with Crippen molar-refractivity contribution in [3.63, 3.8) is 0 Å². The van der Waals surface area contributed by atoms with Crippen LogP contribution in [0.2, 0.25) is 0 Å². The Labute approximate surface area is 83.3 Å². The number of hydrogen-bond acceptors (Lipinski definition) is 2. The van der Waals surface area contributed by atoms with E-state index in [2.05, 4.69) is 25.9 Å². The highest BCUT2D eigenvalue weighted by Gasteiger charge is 2.03. The molecular formula is C9H7BrN2O. The number of aldehydes is 1. The van der Waals surface area contributed by atoms with Gasteiger partial charge in [-0.25, -0.2) is 4.98 Å². The second kappa shape index (κ2) is 3.30. The molecular weight excluding hydrogens is 232 g/mol. The molecule has 0 spiro atoms. The van der Waals surface area contributed by atoms with Gasteiger partial charge in [-0.05, 0) is 17.7 Å². The lowest BCUT2D eigenvalue weighted by Crippen LogP contribution is -1.87. The molecule has 1 N–H and O–H groups in total. The maximum absolute atomic E-state index is 10.4. The predicted molar refractivity (Wildman–Crippen MR) is 53.6 cm³/mol. The molecule has 0 aliphatic heterocycles. The van der Waals surface area contributed by atoms with Crippen molar-refractivity contribution in [2.45, 2.75) is 6.42 Å². The largest absolute Gasteiger partial charge is 0.345 e. The van der Waals surface area contributed by atoms with Gasteiger partial charge in [0, 0.05) is 10.9 Å². The molecule has 3 nitrogen and oxygen atoms in total. The minimum atomic E-state index is 0.426. The van der Waals surface area contributed by atoms with Gasteiger partial charge in [0.25, 0.3) is 0 Å². The molecule has 2 aromatic rings. The summed E-state index contributed by atoms with van der Waals surface area (Å²) in [5, 5.41) is 0. The van der Waals surface area contributed by atoms with E-state index in [0.717, 1.165) is 27.4 Å². The van der Waals surface area contributed by atoms with Crippen molar-refractivity contribution < 1.29 is 4.79 Å². The number of benzene rings is 1. The summed E-state index contributed by atoms with van der Waals surface area (Å²) < 4.78 is 0.930. The van der Waals surface area contributed by atoms with Crippen LogP contribution in [-0.2, 0) is 11.2 Å². The smallest absolute Gasteiger partial charge is 0.124 e. The summed E-state index contributed by atoms with van der Waals surface area (Å²) in [4.78, 5) is 17.5. The lowest BCUT2D eigenvalue weighted by Gasteiger charge is -1.99. The number of carbonyl (C=O) groups is 1. The highest BCUT2D eigenvalue weighted by Crippen LogP contribution is 2.22. The molecule has 0 bridgehead atoms. The van der Waals surface area contributed by atoms with E-state index in [1.54, 1.807) is 6.33 Å². The summed E-state index contributed by atoms with van der Waals surface area (Å²) >= 11 is 3.39. The van der Waals surface area contributed by atoms with E-state index < -0.39 is 0 Å². The van der Waals surface area contributed by atoms with Gasteiger partial charge in [-0.1, -0.05) is 15.9 Å². The van der Waals surface area contributed by atoms with Gasteiger partial charge >= 0.3 is 0 Å². The predicted octanol–water partition coefficient (Wildman–Crippen LogP) is 2.07. The number of halogens is 1. The van der Waals surface area contributed by atoms with Crippen LogP contribution in [0.1, 0.15) is 5.56 Å². The lowest BCUT2D eigenvalue weighted by molar-refractivity contribution is -0.107. The normalized spacial score (nSPS) is 10.5. The minimum Gasteiger partial charge on any atom is -0.345 e. The first-order valence-electron chi connectivity index (χ1n) is 3.86. The molecule has 66 valence electrons. The van der Waals surface area contributed by atoms with E-state index in [9.17, 15) is 4.79 Å². The SMILES string of the molecule is O=CCc1cc2[nH]cnc2cc1Br. The monoisotopic (exact) mass is 238 g/mol. The fourth-order valence-electron chi connectivity index (χ4n) is 1.25. The minimum absolute atomic E-state index is 0.426. The van der Waals surface area contributed by atoms with E-state index in [0.29, 0.717) is 6.42 Å². The lowest BCUT2D eigenvalue weighted by atomic mass is 10.1. The van der Waals surface area contributed by atoms with Crippen LogP contribution in [0.5, 0.6) is 0 Å². The zero-order valence-electron chi connectivity index (χ0n) is 6.75. The van der Waals surface area contributed by atoms with Crippen LogP contribution in [0.3, 0.4) is 0 Å². The van der Waals surface area contributed by atoms with Gasteiger partial charge in [0.2, 0.25) is 0 Å². The fraction of sp³-hybridized carbons (Fsp3) is 0.111. The summed E-state index contributed by atoms with van der Waals surface area (Å²) in [6, 6.07) is 3.84. The average molecular weight is 239 g/mol. The van der Waals surface area contributed by atoms with E-state index in [1.807, 2.05) is 12.1 Å². The second-order valence-electron chi connectivity index (χ2n) is 2.73. The maximum Gasteiger partial charge on any atom is 0.124 e. The molecule has 0 saturated carbocycles. The van der Waals surface area contributed by atoms with Crippen molar-refractivity contribution in [3.05, 3.63) is 28.5 Å². The van der Waals surface area contributed by atoms with Crippen LogP contribution < -0.4 is 0 Å². The van der Waals surface area contributed by atoms with E-state index in [4.69, 9.17) is 0 Å². The molecule has 2 rings (SSSR count). The first-order chi connectivity index (χ1) is 6.31. The third kappa shape index (κ3) is 1.49. The Kier molecular flexibility index (Phi) is 2.14. The number of H-pyrrole nitrogens is 1. The van der Waals surface area contributed by atoms with Gasteiger partial charge in [-0.2, -0.15) is 0 Å². The van der Waals surface area contributed by atoms with Crippen molar-refractivity contribution in [2.24, 2.45) is 0 Å². The summed E-state index contributed by atoms with van der Waals surface area (Å²) in [5.41, 5.74) is 2.84. The van der Waals surface area contributed by atoms with Crippen molar-refractivity contribution in [1.82, 2.24) is 9.97 Å². The van der Waals surface area contributed by atoms with Crippen molar-refractivity contribution >= 4 is 33.2 Å². The highest BCUT2D eigenvalue weighted by atomic mass is 79.9. The number of aromatic nitrogens is 2.